The monoisotopic (exact) mass is 268 g/mol. The Bertz CT molecular complexity index is 410. The van der Waals surface area contributed by atoms with Crippen LogP contribution in [-0.4, -0.2) is 33.1 Å². The molecule has 5 heteroatoms. The molecule has 3 rings (SSSR count). The number of amides is 1. The molecule has 0 spiro atoms. The Morgan fingerprint density at radius 1 is 1.50 bits per heavy atom. The van der Waals surface area contributed by atoms with Gasteiger partial charge in [0.05, 0.1) is 6.10 Å². The maximum Gasteiger partial charge on any atom is 0.267 e. The van der Waals surface area contributed by atoms with Gasteiger partial charge in [-0.25, -0.2) is 0 Å². The largest absolute Gasteiger partial charge is 0.391 e. The lowest BCUT2D eigenvalue weighted by molar-refractivity contribution is -0.121. The molecule has 4 nitrogen and oxygen atoms in total. The first kappa shape index (κ1) is 12.5. The normalized spacial score (nSPS) is 44.3. The maximum atomic E-state index is 11.9. The fraction of sp³-hybridized carbons (Fsp3) is 0.846. The van der Waals surface area contributed by atoms with Gasteiger partial charge in [-0.05, 0) is 44.9 Å². The highest BCUT2D eigenvalue weighted by atomic mass is 32.2. The number of rotatable bonds is 2. The first-order valence-electron chi connectivity index (χ1n) is 6.76. The minimum Gasteiger partial charge on any atom is -0.391 e. The van der Waals surface area contributed by atoms with E-state index in [9.17, 15) is 9.90 Å². The number of carbonyl (C=O) groups excluding carboxylic acids is 1. The van der Waals surface area contributed by atoms with Gasteiger partial charge in [0.15, 0.2) is 5.17 Å². The van der Waals surface area contributed by atoms with Gasteiger partial charge in [0.1, 0.15) is 4.75 Å². The molecule has 18 heavy (non-hydrogen) atoms. The average molecular weight is 268 g/mol. The van der Waals surface area contributed by atoms with Crippen molar-refractivity contribution in [3.8, 4) is 0 Å². The first-order chi connectivity index (χ1) is 8.49. The molecule has 2 fully saturated rings. The molecular formula is C13H20N2O2S. The Kier molecular flexibility index (Phi) is 2.94. The summed E-state index contributed by atoms with van der Waals surface area (Å²) in [5, 5.41) is 13.9. The molecule has 0 saturated heterocycles. The molecule has 1 amide bonds. The van der Waals surface area contributed by atoms with E-state index in [1.807, 2.05) is 0 Å². The van der Waals surface area contributed by atoms with Crippen LogP contribution in [0.25, 0.3) is 0 Å². The highest BCUT2D eigenvalue weighted by molar-refractivity contribution is 8.16. The van der Waals surface area contributed by atoms with Gasteiger partial charge in [-0.15, -0.1) is 0 Å². The van der Waals surface area contributed by atoms with Crippen LogP contribution in [0.3, 0.4) is 0 Å². The summed E-state index contributed by atoms with van der Waals surface area (Å²) < 4.78 is -0.806. The van der Waals surface area contributed by atoms with Crippen molar-refractivity contribution in [2.24, 2.45) is 16.8 Å². The highest BCUT2D eigenvalue weighted by Crippen LogP contribution is 2.45. The van der Waals surface area contributed by atoms with Crippen LogP contribution in [0.2, 0.25) is 0 Å². The summed E-state index contributed by atoms with van der Waals surface area (Å²) >= 11 is 1.38. The number of fused-ring (bicyclic) bond motifs is 2. The number of nitrogens with zero attached hydrogens (tertiary/aromatic N) is 1. The number of aliphatic imine (C=N–C) groups is 1. The second-order valence-electron chi connectivity index (χ2n) is 6.03. The molecule has 3 aliphatic rings. The van der Waals surface area contributed by atoms with E-state index in [1.54, 1.807) is 13.8 Å². The topological polar surface area (TPSA) is 61.7 Å². The van der Waals surface area contributed by atoms with Crippen LogP contribution >= 0.6 is 11.8 Å². The third kappa shape index (κ3) is 1.88. The van der Waals surface area contributed by atoms with Gasteiger partial charge >= 0.3 is 0 Å². The number of hydrogen-bond donors (Lipinski definition) is 2. The summed E-state index contributed by atoms with van der Waals surface area (Å²) in [7, 11) is 0. The number of hydrogen-bond acceptors (Lipinski definition) is 4. The summed E-state index contributed by atoms with van der Waals surface area (Å²) in [6, 6.07) is 0.485. The summed E-state index contributed by atoms with van der Waals surface area (Å²) in [5.41, 5.74) is 0. The van der Waals surface area contributed by atoms with Gasteiger partial charge in [-0.3, -0.25) is 4.79 Å². The molecule has 1 heterocycles. The van der Waals surface area contributed by atoms with E-state index < -0.39 is 10.9 Å². The number of aliphatic hydroxyl groups excluding tert-OH is 1. The summed E-state index contributed by atoms with van der Waals surface area (Å²) in [4.78, 5) is 16.0. The van der Waals surface area contributed by atoms with Crippen molar-refractivity contribution < 1.29 is 9.90 Å². The molecule has 2 N–H and O–H groups in total. The molecule has 2 bridgehead atoms. The van der Waals surface area contributed by atoms with E-state index in [0.29, 0.717) is 11.2 Å². The number of nitrogens with one attached hydrogen (secondary N) is 1. The van der Waals surface area contributed by atoms with Gasteiger partial charge < -0.3 is 10.4 Å². The van der Waals surface area contributed by atoms with Crippen LogP contribution < -0.4 is 5.32 Å². The van der Waals surface area contributed by atoms with E-state index in [0.717, 1.165) is 11.8 Å². The van der Waals surface area contributed by atoms with E-state index >= 15 is 0 Å². The predicted molar refractivity (Wildman–Crippen MR) is 72.5 cm³/mol. The Hall–Kier alpha value is -0.550. The smallest absolute Gasteiger partial charge is 0.267 e. The molecule has 0 radical (unpaired) electrons. The molecule has 0 aromatic carbocycles. The molecular weight excluding hydrogens is 248 g/mol. The van der Waals surface area contributed by atoms with Crippen molar-refractivity contribution in [1.29, 1.82) is 0 Å². The van der Waals surface area contributed by atoms with Gasteiger partial charge in [-0.2, -0.15) is 4.99 Å². The Morgan fingerprint density at radius 2 is 2.28 bits per heavy atom. The number of carbonyl (C=O) groups is 1. The zero-order valence-electron chi connectivity index (χ0n) is 10.8. The standard InChI is InChI=1S/C13H20N2O2S/c1-7(16)13(2)11(17)15-12(18-13)14-10-6-8-3-4-9(10)5-8/h7-10,16H,3-6H2,1-2H3,(H,14,15,17)/t7?,8-,9+,10+,13-/m1/s1. The van der Waals surface area contributed by atoms with Crippen LogP contribution in [0.1, 0.15) is 39.5 Å². The van der Waals surface area contributed by atoms with Crippen molar-refractivity contribution >= 4 is 22.8 Å². The van der Waals surface area contributed by atoms with Gasteiger partial charge in [0, 0.05) is 6.04 Å². The molecule has 2 saturated carbocycles. The van der Waals surface area contributed by atoms with Crippen molar-refractivity contribution in [3.63, 3.8) is 0 Å². The van der Waals surface area contributed by atoms with Crippen molar-refractivity contribution in [2.75, 3.05) is 0 Å². The number of thioether (sulfide) groups is 1. The molecule has 1 unspecified atom stereocenters. The van der Waals surface area contributed by atoms with Gasteiger partial charge in [0.2, 0.25) is 0 Å². The van der Waals surface area contributed by atoms with Gasteiger partial charge in [-0.1, -0.05) is 18.2 Å². The summed E-state index contributed by atoms with van der Waals surface area (Å²) in [6.45, 7) is 3.42. The zero-order valence-corrected chi connectivity index (χ0v) is 11.7. The van der Waals surface area contributed by atoms with E-state index in [1.165, 1.54) is 37.4 Å². The van der Waals surface area contributed by atoms with Crippen LogP contribution in [0.4, 0.5) is 0 Å². The third-order valence-corrected chi connectivity index (χ3v) is 6.12. The van der Waals surface area contributed by atoms with Crippen LogP contribution in [0.5, 0.6) is 0 Å². The Balaban J connectivity index is 1.65. The predicted octanol–water partition coefficient (Wildman–Crippen LogP) is 1.53. The van der Waals surface area contributed by atoms with Gasteiger partial charge in [0.25, 0.3) is 5.91 Å². The lowest BCUT2D eigenvalue weighted by atomic mass is 9.96. The SMILES string of the molecule is CC(O)[C@@]1(C)SC(N[C@H]2C[C@@H]3CC[C@H]2C3)=NC1=O. The first-order valence-corrected chi connectivity index (χ1v) is 7.57. The molecule has 1 aliphatic heterocycles. The lowest BCUT2D eigenvalue weighted by Crippen LogP contribution is -2.40. The number of amidine groups is 1. The second-order valence-corrected chi connectivity index (χ2v) is 7.47. The minimum atomic E-state index is -0.806. The fourth-order valence-corrected chi connectivity index (χ4v) is 4.42. The lowest BCUT2D eigenvalue weighted by Gasteiger charge is -2.26. The quantitative estimate of drug-likeness (QED) is 0.797. The van der Waals surface area contributed by atoms with Crippen molar-refractivity contribution in [1.82, 2.24) is 5.32 Å². The second kappa shape index (κ2) is 4.23. The molecule has 2 aliphatic carbocycles. The summed E-state index contributed by atoms with van der Waals surface area (Å²) in [6.07, 6.45) is 4.54. The third-order valence-electron chi connectivity index (χ3n) is 4.78. The molecule has 5 atom stereocenters. The Labute approximate surface area is 112 Å². The van der Waals surface area contributed by atoms with Crippen LogP contribution in [0, 0.1) is 11.8 Å². The average Bonchev–Trinajstić information content (AvgIpc) is 2.95. The molecule has 100 valence electrons. The Morgan fingerprint density at radius 3 is 2.78 bits per heavy atom. The van der Waals surface area contributed by atoms with E-state index in [4.69, 9.17) is 0 Å². The highest BCUT2D eigenvalue weighted by Gasteiger charge is 2.47. The van der Waals surface area contributed by atoms with Crippen molar-refractivity contribution in [2.45, 2.75) is 56.4 Å². The van der Waals surface area contributed by atoms with E-state index in [2.05, 4.69) is 10.3 Å². The van der Waals surface area contributed by atoms with Crippen LogP contribution in [0.15, 0.2) is 4.99 Å². The maximum absolute atomic E-state index is 11.9. The summed E-state index contributed by atoms with van der Waals surface area (Å²) in [5.74, 6) is 1.42. The zero-order chi connectivity index (χ0) is 12.9. The molecule has 0 aromatic rings. The minimum absolute atomic E-state index is 0.215. The van der Waals surface area contributed by atoms with Crippen LogP contribution in [-0.2, 0) is 4.79 Å². The fourth-order valence-electron chi connectivity index (χ4n) is 3.38. The van der Waals surface area contributed by atoms with Crippen molar-refractivity contribution in [3.05, 3.63) is 0 Å². The molecule has 0 aromatic heterocycles. The van der Waals surface area contributed by atoms with E-state index in [-0.39, 0.29) is 5.91 Å². The number of aliphatic hydroxyl groups is 1.